The van der Waals surface area contributed by atoms with Gasteiger partial charge in [-0.25, -0.2) is 8.42 Å². The van der Waals surface area contributed by atoms with Crippen molar-refractivity contribution in [3.05, 3.63) is 17.0 Å². The van der Waals surface area contributed by atoms with E-state index >= 15 is 0 Å². The van der Waals surface area contributed by atoms with E-state index in [1.54, 1.807) is 14.0 Å². The summed E-state index contributed by atoms with van der Waals surface area (Å²) in [4.78, 5) is 0. The molecule has 2 rings (SSSR count). The lowest BCUT2D eigenvalue weighted by Gasteiger charge is -2.35. The summed E-state index contributed by atoms with van der Waals surface area (Å²) in [5.41, 5.74) is 1.17. The third-order valence-corrected chi connectivity index (χ3v) is 6.49. The van der Waals surface area contributed by atoms with Crippen molar-refractivity contribution in [2.75, 3.05) is 39.2 Å². The highest BCUT2D eigenvalue weighted by atomic mass is 32.2. The summed E-state index contributed by atoms with van der Waals surface area (Å²) in [5.74, 6) is -0.0400. The average molecular weight is 413 g/mol. The first kappa shape index (κ1) is 22.1. The maximum absolute atomic E-state index is 12.8. The van der Waals surface area contributed by atoms with E-state index in [-0.39, 0.29) is 25.5 Å². The fraction of sp³-hybridized carbons (Fsp3) is 0.812. The Morgan fingerprint density at radius 1 is 1.30 bits per heavy atom. The largest absolute Gasteiger partial charge is 0.408 e. The van der Waals surface area contributed by atoms with Crippen LogP contribution in [0.25, 0.3) is 0 Å². The molecule has 1 aromatic rings. The number of aromatic nitrogens is 2. The maximum Gasteiger partial charge on any atom is 0.408 e. The number of rotatable bonds is 8. The van der Waals surface area contributed by atoms with Crippen LogP contribution in [0.3, 0.4) is 0 Å². The molecule has 0 N–H and O–H groups in total. The maximum atomic E-state index is 12.8. The number of ether oxygens (including phenoxy) is 2. The fourth-order valence-corrected chi connectivity index (χ4v) is 5.02. The molecular formula is C16H26F3N3O4S. The van der Waals surface area contributed by atoms with Crippen LogP contribution in [0.4, 0.5) is 13.2 Å². The molecule has 1 aliphatic heterocycles. The summed E-state index contributed by atoms with van der Waals surface area (Å²) < 4.78 is 76.5. The lowest BCUT2D eigenvalue weighted by atomic mass is 10.0. The number of hydrogen-bond acceptors (Lipinski definition) is 5. The van der Waals surface area contributed by atoms with Crippen molar-refractivity contribution in [3.63, 3.8) is 0 Å². The summed E-state index contributed by atoms with van der Waals surface area (Å²) in [6.45, 7) is 2.90. The molecule has 0 saturated carbocycles. The van der Waals surface area contributed by atoms with Crippen molar-refractivity contribution in [1.29, 1.82) is 0 Å². The number of sulfonamides is 1. The highest BCUT2D eigenvalue weighted by molar-refractivity contribution is 7.89. The molecule has 1 atom stereocenters. The van der Waals surface area contributed by atoms with Gasteiger partial charge in [-0.15, -0.1) is 0 Å². The average Bonchev–Trinajstić information content (AvgIpc) is 2.83. The van der Waals surface area contributed by atoms with Gasteiger partial charge in [-0.1, -0.05) is 0 Å². The van der Waals surface area contributed by atoms with E-state index in [1.807, 2.05) is 0 Å². The van der Waals surface area contributed by atoms with E-state index < -0.39 is 28.8 Å². The summed E-state index contributed by atoms with van der Waals surface area (Å²) in [5, 5.41) is 3.98. The minimum Gasteiger partial charge on any atom is -0.385 e. The van der Waals surface area contributed by atoms with Crippen LogP contribution in [0.2, 0.25) is 0 Å². The Morgan fingerprint density at radius 3 is 2.63 bits per heavy atom. The molecule has 1 aromatic heterocycles. The van der Waals surface area contributed by atoms with Crippen LogP contribution in [0, 0.1) is 13.8 Å². The van der Waals surface area contributed by atoms with Gasteiger partial charge in [0.25, 0.3) is 0 Å². The van der Waals surface area contributed by atoms with Crippen LogP contribution in [0.5, 0.6) is 0 Å². The van der Waals surface area contributed by atoms with Gasteiger partial charge in [0.2, 0.25) is 10.0 Å². The number of halogens is 3. The van der Waals surface area contributed by atoms with E-state index in [1.165, 1.54) is 11.2 Å². The first-order valence-electron chi connectivity index (χ1n) is 8.73. The van der Waals surface area contributed by atoms with Crippen LogP contribution in [0.15, 0.2) is 0 Å². The topological polar surface area (TPSA) is 73.7 Å². The van der Waals surface area contributed by atoms with Gasteiger partial charge in [0, 0.05) is 31.5 Å². The van der Waals surface area contributed by atoms with E-state index in [4.69, 9.17) is 9.47 Å². The third-order valence-electron chi connectivity index (χ3n) is 4.54. The Morgan fingerprint density at radius 2 is 2.00 bits per heavy atom. The van der Waals surface area contributed by atoms with Crippen LogP contribution < -0.4 is 0 Å². The monoisotopic (exact) mass is 413 g/mol. The van der Waals surface area contributed by atoms with Gasteiger partial charge in [-0.2, -0.15) is 22.6 Å². The van der Waals surface area contributed by atoms with Gasteiger partial charge in [0.05, 0.1) is 30.7 Å². The van der Waals surface area contributed by atoms with Crippen molar-refractivity contribution in [2.24, 2.45) is 0 Å². The Kier molecular flexibility index (Phi) is 7.28. The minimum atomic E-state index is -4.41. The molecule has 0 radical (unpaired) electrons. The zero-order valence-corrected chi connectivity index (χ0v) is 16.6. The first-order valence-corrected chi connectivity index (χ1v) is 10.3. The third kappa shape index (κ3) is 5.66. The molecule has 2 heterocycles. The number of aryl methyl sites for hydroxylation is 1. The molecule has 1 aliphatic rings. The molecule has 0 bridgehead atoms. The Balaban J connectivity index is 2.27. The molecule has 1 unspecified atom stereocenters. The molecule has 1 saturated heterocycles. The number of alkyl halides is 3. The van der Waals surface area contributed by atoms with Gasteiger partial charge in [0.15, 0.2) is 0 Å². The van der Waals surface area contributed by atoms with Gasteiger partial charge in [-0.3, -0.25) is 4.68 Å². The summed E-state index contributed by atoms with van der Waals surface area (Å²) >= 11 is 0. The SMILES string of the molecule is COCCCCS(=O)(=O)N1CCOCC1c1c(C)nn(CC(F)(F)F)c1C. The van der Waals surface area contributed by atoms with Gasteiger partial charge in [-0.05, 0) is 26.7 Å². The molecule has 0 aromatic carbocycles. The van der Waals surface area contributed by atoms with Crippen molar-refractivity contribution >= 4 is 10.0 Å². The number of morpholine rings is 1. The standard InChI is InChI=1S/C16H26F3N3O4S/c1-12-15(13(2)21(20-12)11-16(17,18)19)14-10-26-8-6-22(14)27(23,24)9-5-4-7-25-3/h14H,4-11H2,1-3H3. The highest BCUT2D eigenvalue weighted by Gasteiger charge is 2.38. The lowest BCUT2D eigenvalue weighted by Crippen LogP contribution is -2.44. The molecule has 0 aliphatic carbocycles. The van der Waals surface area contributed by atoms with Gasteiger partial charge in [0.1, 0.15) is 6.54 Å². The first-order chi connectivity index (χ1) is 12.6. The zero-order chi connectivity index (χ0) is 20.2. The van der Waals surface area contributed by atoms with Crippen LogP contribution in [-0.4, -0.2) is 67.9 Å². The lowest BCUT2D eigenvalue weighted by molar-refractivity contribution is -0.143. The molecule has 0 spiro atoms. The number of unbranched alkanes of at least 4 members (excludes halogenated alkanes) is 1. The second-order valence-corrected chi connectivity index (χ2v) is 8.62. The quantitative estimate of drug-likeness (QED) is 0.611. The molecular weight excluding hydrogens is 387 g/mol. The summed E-state index contributed by atoms with van der Waals surface area (Å²) in [7, 11) is -2.03. The second kappa shape index (κ2) is 8.89. The minimum absolute atomic E-state index is 0.0400. The molecule has 11 heteroatoms. The predicted octanol–water partition coefficient (Wildman–Crippen LogP) is 2.19. The number of hydrogen-bond donors (Lipinski definition) is 0. The smallest absolute Gasteiger partial charge is 0.385 e. The number of methoxy groups -OCH3 is 1. The Labute approximate surface area is 157 Å². The number of nitrogens with zero attached hydrogens (tertiary/aromatic N) is 3. The van der Waals surface area contributed by atoms with E-state index in [2.05, 4.69) is 5.10 Å². The summed E-state index contributed by atoms with van der Waals surface area (Å²) in [6.07, 6.45) is -3.34. The fourth-order valence-electron chi connectivity index (χ4n) is 3.31. The normalized spacial score (nSPS) is 19.6. The van der Waals surface area contributed by atoms with Gasteiger partial charge < -0.3 is 9.47 Å². The van der Waals surface area contributed by atoms with Crippen molar-refractivity contribution in [1.82, 2.24) is 14.1 Å². The molecule has 27 heavy (non-hydrogen) atoms. The van der Waals surface area contributed by atoms with E-state index in [0.29, 0.717) is 36.4 Å². The highest BCUT2D eigenvalue weighted by Crippen LogP contribution is 2.32. The van der Waals surface area contributed by atoms with Crippen molar-refractivity contribution < 1.29 is 31.1 Å². The van der Waals surface area contributed by atoms with Crippen LogP contribution in [0.1, 0.15) is 35.8 Å². The molecule has 156 valence electrons. The Bertz CT molecular complexity index is 734. The van der Waals surface area contributed by atoms with Crippen molar-refractivity contribution in [2.45, 2.75) is 45.5 Å². The van der Waals surface area contributed by atoms with Gasteiger partial charge >= 0.3 is 6.18 Å². The van der Waals surface area contributed by atoms with E-state index in [9.17, 15) is 21.6 Å². The zero-order valence-electron chi connectivity index (χ0n) is 15.8. The second-order valence-electron chi connectivity index (χ2n) is 6.57. The van der Waals surface area contributed by atoms with Crippen LogP contribution >= 0.6 is 0 Å². The van der Waals surface area contributed by atoms with Crippen LogP contribution in [-0.2, 0) is 26.0 Å². The molecule has 0 amide bonds. The predicted molar refractivity (Wildman–Crippen MR) is 92.9 cm³/mol. The molecule has 7 nitrogen and oxygen atoms in total. The Hall–Kier alpha value is -1.17. The van der Waals surface area contributed by atoms with E-state index in [0.717, 1.165) is 4.68 Å². The van der Waals surface area contributed by atoms with Crippen molar-refractivity contribution in [3.8, 4) is 0 Å². The molecule has 1 fully saturated rings. The summed E-state index contributed by atoms with van der Waals surface area (Å²) in [6, 6.07) is -0.673.